The van der Waals surface area contributed by atoms with Gasteiger partial charge in [0.1, 0.15) is 5.82 Å². The Hall–Kier alpha value is -1.32. The van der Waals surface area contributed by atoms with Gasteiger partial charge in [-0.25, -0.2) is 0 Å². The molecule has 1 heterocycles. The molecule has 2 N–H and O–H groups in total. The van der Waals surface area contributed by atoms with Crippen LogP contribution in [0.25, 0.3) is 0 Å². The van der Waals surface area contributed by atoms with Crippen LogP contribution >= 0.6 is 0 Å². The zero-order valence-electron chi connectivity index (χ0n) is 9.14. The Morgan fingerprint density at radius 3 is 2.64 bits per heavy atom. The van der Waals surface area contributed by atoms with E-state index in [2.05, 4.69) is 15.5 Å². The topological polar surface area (TPSA) is 57.8 Å². The van der Waals surface area contributed by atoms with E-state index in [1.165, 1.54) is 0 Å². The summed E-state index contributed by atoms with van der Waals surface area (Å²) in [7, 11) is 0. The van der Waals surface area contributed by atoms with Crippen molar-refractivity contribution in [1.82, 2.24) is 10.2 Å². The Bertz CT molecular complexity index is 322. The number of hydrogen-bond donors (Lipinski definition) is 2. The maximum absolute atomic E-state index is 11.5. The first-order valence-electron chi connectivity index (χ1n) is 4.69. The van der Waals surface area contributed by atoms with Crippen molar-refractivity contribution in [3.63, 3.8) is 0 Å². The zero-order valence-corrected chi connectivity index (χ0v) is 9.14. The van der Waals surface area contributed by atoms with Gasteiger partial charge in [-0.1, -0.05) is 20.8 Å². The van der Waals surface area contributed by atoms with E-state index < -0.39 is 0 Å². The number of aromatic amines is 1. The highest BCUT2D eigenvalue weighted by molar-refractivity contribution is 5.90. The van der Waals surface area contributed by atoms with Gasteiger partial charge in [0, 0.05) is 12.5 Å². The average Bonchev–Trinajstić information content (AvgIpc) is 2.30. The fourth-order valence-corrected chi connectivity index (χ4v) is 1.16. The normalized spacial score (nSPS) is 11.4. The third-order valence-corrected chi connectivity index (χ3v) is 1.67. The Morgan fingerprint density at radius 2 is 2.21 bits per heavy atom. The highest BCUT2D eigenvalue weighted by Gasteiger charge is 2.16. The van der Waals surface area contributed by atoms with E-state index in [-0.39, 0.29) is 11.3 Å². The van der Waals surface area contributed by atoms with Gasteiger partial charge in [0.05, 0.1) is 5.69 Å². The van der Waals surface area contributed by atoms with Crippen LogP contribution < -0.4 is 5.32 Å². The third-order valence-electron chi connectivity index (χ3n) is 1.67. The quantitative estimate of drug-likeness (QED) is 0.759. The molecule has 0 spiro atoms. The van der Waals surface area contributed by atoms with E-state index >= 15 is 0 Å². The van der Waals surface area contributed by atoms with Gasteiger partial charge >= 0.3 is 0 Å². The van der Waals surface area contributed by atoms with E-state index in [1.807, 2.05) is 27.7 Å². The van der Waals surface area contributed by atoms with Crippen LogP contribution in [0, 0.1) is 12.3 Å². The largest absolute Gasteiger partial charge is 0.311 e. The molecule has 4 nitrogen and oxygen atoms in total. The molecule has 1 rings (SSSR count). The molecule has 0 aliphatic heterocycles. The van der Waals surface area contributed by atoms with E-state index in [0.717, 1.165) is 5.69 Å². The molecule has 0 aromatic carbocycles. The highest BCUT2D eigenvalue weighted by atomic mass is 16.1. The Labute approximate surface area is 84.1 Å². The number of aryl methyl sites for hydroxylation is 1. The van der Waals surface area contributed by atoms with Gasteiger partial charge < -0.3 is 5.32 Å². The van der Waals surface area contributed by atoms with Crippen LogP contribution in [-0.2, 0) is 4.79 Å². The van der Waals surface area contributed by atoms with Crippen LogP contribution in [0.3, 0.4) is 0 Å². The monoisotopic (exact) mass is 195 g/mol. The summed E-state index contributed by atoms with van der Waals surface area (Å²) in [6.45, 7) is 7.97. The maximum atomic E-state index is 11.5. The lowest BCUT2D eigenvalue weighted by Crippen LogP contribution is -2.19. The first-order valence-corrected chi connectivity index (χ1v) is 4.69. The molecule has 1 aromatic rings. The second kappa shape index (κ2) is 3.82. The molecule has 0 bridgehead atoms. The second-order valence-corrected chi connectivity index (χ2v) is 4.71. The predicted octanol–water partition coefficient (Wildman–Crippen LogP) is 2.09. The summed E-state index contributed by atoms with van der Waals surface area (Å²) < 4.78 is 0. The molecule has 1 aromatic heterocycles. The van der Waals surface area contributed by atoms with Crippen molar-refractivity contribution >= 4 is 11.7 Å². The van der Waals surface area contributed by atoms with E-state index in [9.17, 15) is 4.79 Å². The van der Waals surface area contributed by atoms with Crippen molar-refractivity contribution in [2.24, 2.45) is 5.41 Å². The number of rotatable bonds is 2. The molecule has 4 heteroatoms. The molecule has 0 saturated carbocycles. The van der Waals surface area contributed by atoms with Gasteiger partial charge in [-0.3, -0.25) is 9.89 Å². The molecule has 0 fully saturated rings. The Morgan fingerprint density at radius 1 is 1.57 bits per heavy atom. The van der Waals surface area contributed by atoms with Crippen LogP contribution in [-0.4, -0.2) is 16.1 Å². The van der Waals surface area contributed by atoms with Crippen molar-refractivity contribution in [3.8, 4) is 0 Å². The van der Waals surface area contributed by atoms with Crippen molar-refractivity contribution in [2.75, 3.05) is 5.32 Å². The van der Waals surface area contributed by atoms with Gasteiger partial charge in [-0.2, -0.15) is 5.10 Å². The molecule has 0 radical (unpaired) electrons. The Balaban J connectivity index is 2.50. The molecule has 14 heavy (non-hydrogen) atoms. The minimum absolute atomic E-state index is 0.0130. The van der Waals surface area contributed by atoms with Crippen molar-refractivity contribution in [1.29, 1.82) is 0 Å². The van der Waals surface area contributed by atoms with Crippen LogP contribution in [0.15, 0.2) is 6.07 Å². The molecule has 1 amide bonds. The number of hydrogen-bond acceptors (Lipinski definition) is 2. The van der Waals surface area contributed by atoms with Crippen LogP contribution in [0.5, 0.6) is 0 Å². The standard InChI is InChI=1S/C10H17N3O/c1-7-5-8(13-12-7)11-9(14)6-10(2,3)4/h5H,6H2,1-4H3,(H2,11,12,13,14). The molecule has 0 aliphatic rings. The second-order valence-electron chi connectivity index (χ2n) is 4.71. The molecule has 0 unspecified atom stereocenters. The molecule has 78 valence electrons. The van der Waals surface area contributed by atoms with E-state index in [0.29, 0.717) is 12.2 Å². The van der Waals surface area contributed by atoms with Gasteiger partial charge in [0.15, 0.2) is 0 Å². The molecule has 0 aliphatic carbocycles. The Kier molecular flexibility index (Phi) is 2.93. The molecular weight excluding hydrogens is 178 g/mol. The minimum Gasteiger partial charge on any atom is -0.311 e. The fourth-order valence-electron chi connectivity index (χ4n) is 1.16. The SMILES string of the molecule is Cc1cc(NC(=O)CC(C)(C)C)[nH]n1. The number of aromatic nitrogens is 2. The summed E-state index contributed by atoms with van der Waals surface area (Å²) in [5.74, 6) is 0.679. The first-order chi connectivity index (χ1) is 6.37. The number of amides is 1. The molecule has 0 saturated heterocycles. The number of H-pyrrole nitrogens is 1. The number of nitrogens with one attached hydrogen (secondary N) is 2. The fraction of sp³-hybridized carbons (Fsp3) is 0.600. The lowest BCUT2D eigenvalue weighted by atomic mass is 9.92. The van der Waals surface area contributed by atoms with Gasteiger partial charge in [-0.05, 0) is 12.3 Å². The number of anilines is 1. The number of carbonyl (C=O) groups is 1. The summed E-state index contributed by atoms with van der Waals surface area (Å²) in [4.78, 5) is 11.5. The first kappa shape index (κ1) is 10.8. The van der Waals surface area contributed by atoms with Crippen LogP contribution in [0.2, 0.25) is 0 Å². The summed E-state index contributed by atoms with van der Waals surface area (Å²) in [6.07, 6.45) is 0.505. The molecular formula is C10H17N3O. The summed E-state index contributed by atoms with van der Waals surface area (Å²) in [6, 6.07) is 1.81. The van der Waals surface area contributed by atoms with Gasteiger partial charge in [0.2, 0.25) is 5.91 Å². The van der Waals surface area contributed by atoms with E-state index in [4.69, 9.17) is 0 Å². The molecule has 0 atom stereocenters. The summed E-state index contributed by atoms with van der Waals surface area (Å²) in [5.41, 5.74) is 0.884. The number of nitrogens with zero attached hydrogens (tertiary/aromatic N) is 1. The van der Waals surface area contributed by atoms with Crippen molar-refractivity contribution < 1.29 is 4.79 Å². The lowest BCUT2D eigenvalue weighted by Gasteiger charge is -2.16. The van der Waals surface area contributed by atoms with Gasteiger partial charge in [-0.15, -0.1) is 0 Å². The predicted molar refractivity (Wildman–Crippen MR) is 56.0 cm³/mol. The van der Waals surface area contributed by atoms with Gasteiger partial charge in [0.25, 0.3) is 0 Å². The number of carbonyl (C=O) groups excluding carboxylic acids is 1. The van der Waals surface area contributed by atoms with E-state index in [1.54, 1.807) is 6.07 Å². The summed E-state index contributed by atoms with van der Waals surface area (Å²) in [5, 5.41) is 9.43. The zero-order chi connectivity index (χ0) is 10.8. The van der Waals surface area contributed by atoms with Crippen LogP contribution in [0.4, 0.5) is 5.82 Å². The smallest absolute Gasteiger partial charge is 0.226 e. The average molecular weight is 195 g/mol. The summed E-state index contributed by atoms with van der Waals surface area (Å²) >= 11 is 0. The van der Waals surface area contributed by atoms with Crippen molar-refractivity contribution in [3.05, 3.63) is 11.8 Å². The van der Waals surface area contributed by atoms with Crippen molar-refractivity contribution in [2.45, 2.75) is 34.1 Å². The lowest BCUT2D eigenvalue weighted by molar-refractivity contribution is -0.117. The maximum Gasteiger partial charge on any atom is 0.226 e. The third kappa shape index (κ3) is 3.60. The highest BCUT2D eigenvalue weighted by Crippen LogP contribution is 2.19. The van der Waals surface area contributed by atoms with Crippen LogP contribution in [0.1, 0.15) is 32.9 Å². The minimum atomic E-state index is 0.0130.